The van der Waals surface area contributed by atoms with Crippen LogP contribution in [0.2, 0.25) is 0 Å². The smallest absolute Gasteiger partial charge is 0.341 e. The van der Waals surface area contributed by atoms with Gasteiger partial charge in [0.05, 0.1) is 11.2 Å². The molecule has 1 amide bonds. The molecule has 0 saturated carbocycles. The van der Waals surface area contributed by atoms with E-state index in [-0.39, 0.29) is 5.91 Å². The minimum atomic E-state index is -1.07. The van der Waals surface area contributed by atoms with Gasteiger partial charge in [0.25, 0.3) is 0 Å². The lowest BCUT2D eigenvalue weighted by molar-refractivity contribution is -0.139. The molecule has 0 bridgehead atoms. The van der Waals surface area contributed by atoms with Gasteiger partial charge in [0.15, 0.2) is 6.61 Å². The highest BCUT2D eigenvalue weighted by molar-refractivity contribution is 5.98. The Balaban J connectivity index is 2.81. The molecule has 1 rings (SSSR count). The second-order valence-corrected chi connectivity index (χ2v) is 4.79. The van der Waals surface area contributed by atoms with Gasteiger partial charge in [0, 0.05) is 0 Å². The molecule has 0 atom stereocenters. The Morgan fingerprint density at radius 3 is 2.55 bits per heavy atom. The topological polar surface area (TPSA) is 87.7 Å². The summed E-state index contributed by atoms with van der Waals surface area (Å²) < 4.78 is 5.14. The van der Waals surface area contributed by atoms with Crippen LogP contribution in [0.1, 0.15) is 20.8 Å². The van der Waals surface area contributed by atoms with E-state index >= 15 is 0 Å². The Bertz CT molecular complexity index is 486. The Labute approximate surface area is 118 Å². The minimum absolute atomic E-state index is 0.217. The number of hydrogen-bond donors (Lipinski definition) is 3. The zero-order chi connectivity index (χ0) is 15.2. The summed E-state index contributed by atoms with van der Waals surface area (Å²) in [6.45, 7) is 5.67. The van der Waals surface area contributed by atoms with Crippen LogP contribution in [0.5, 0.6) is 5.75 Å². The number of anilines is 1. The highest BCUT2D eigenvalue weighted by atomic mass is 16.5. The molecule has 20 heavy (non-hydrogen) atoms. The van der Waals surface area contributed by atoms with Crippen LogP contribution in [0.3, 0.4) is 0 Å². The molecule has 1 aromatic carbocycles. The number of hydrogen-bond acceptors (Lipinski definition) is 4. The van der Waals surface area contributed by atoms with Gasteiger partial charge in [0.1, 0.15) is 5.75 Å². The van der Waals surface area contributed by atoms with Gasteiger partial charge in [-0.15, -0.1) is 0 Å². The summed E-state index contributed by atoms with van der Waals surface area (Å²) in [5.41, 5.74) is -0.279. The number of carboxylic acids is 1. The van der Waals surface area contributed by atoms with E-state index in [1.165, 1.54) is 0 Å². The Kier molecular flexibility index (Phi) is 5.52. The zero-order valence-electron chi connectivity index (χ0n) is 11.9. The van der Waals surface area contributed by atoms with Gasteiger partial charge in [0.2, 0.25) is 5.91 Å². The number of amides is 1. The van der Waals surface area contributed by atoms with Gasteiger partial charge in [-0.25, -0.2) is 4.79 Å². The lowest BCUT2D eigenvalue weighted by atomic mass is 10.0. The predicted molar refractivity (Wildman–Crippen MR) is 76.0 cm³/mol. The maximum atomic E-state index is 12.2. The maximum Gasteiger partial charge on any atom is 0.341 e. The van der Waals surface area contributed by atoms with E-state index in [9.17, 15) is 9.59 Å². The summed E-state index contributed by atoms with van der Waals surface area (Å²) in [6, 6.07) is 6.72. The average Bonchev–Trinajstić information content (AvgIpc) is 2.37. The van der Waals surface area contributed by atoms with Crippen molar-refractivity contribution in [3.63, 3.8) is 0 Å². The molecule has 0 saturated heterocycles. The zero-order valence-corrected chi connectivity index (χ0v) is 11.9. The van der Waals surface area contributed by atoms with Crippen LogP contribution in [0.4, 0.5) is 5.69 Å². The third-order valence-corrected chi connectivity index (χ3v) is 2.67. The highest BCUT2D eigenvalue weighted by Gasteiger charge is 2.26. The Morgan fingerprint density at radius 2 is 1.95 bits per heavy atom. The molecule has 0 aliphatic heterocycles. The van der Waals surface area contributed by atoms with Crippen molar-refractivity contribution in [2.24, 2.45) is 0 Å². The number of aliphatic carboxylic acids is 1. The number of para-hydroxylation sites is 2. The molecule has 0 unspecified atom stereocenters. The third-order valence-electron chi connectivity index (χ3n) is 2.67. The first-order chi connectivity index (χ1) is 9.36. The minimum Gasteiger partial charge on any atom is -0.480 e. The van der Waals surface area contributed by atoms with Crippen molar-refractivity contribution in [3.8, 4) is 5.75 Å². The molecular formula is C14H20N2O4. The maximum absolute atomic E-state index is 12.2. The second kappa shape index (κ2) is 6.91. The van der Waals surface area contributed by atoms with E-state index in [1.54, 1.807) is 38.1 Å². The van der Waals surface area contributed by atoms with E-state index in [1.807, 2.05) is 6.92 Å². The number of rotatable bonds is 7. The van der Waals surface area contributed by atoms with E-state index in [4.69, 9.17) is 9.84 Å². The Hall–Kier alpha value is -2.08. The fraction of sp³-hybridized carbons (Fsp3) is 0.429. The van der Waals surface area contributed by atoms with Crippen LogP contribution >= 0.6 is 0 Å². The van der Waals surface area contributed by atoms with Gasteiger partial charge in [-0.2, -0.15) is 0 Å². The number of nitrogens with one attached hydrogen (secondary N) is 2. The summed E-state index contributed by atoms with van der Waals surface area (Å²) in [5, 5.41) is 14.4. The summed E-state index contributed by atoms with van der Waals surface area (Å²) in [7, 11) is 0. The molecule has 1 aromatic rings. The van der Waals surface area contributed by atoms with Crippen LogP contribution in [-0.2, 0) is 9.59 Å². The quantitative estimate of drug-likeness (QED) is 0.704. The van der Waals surface area contributed by atoms with Crippen molar-refractivity contribution in [1.82, 2.24) is 5.32 Å². The monoisotopic (exact) mass is 280 g/mol. The number of ether oxygens (including phenoxy) is 1. The molecule has 3 N–H and O–H groups in total. The lowest BCUT2D eigenvalue weighted by Gasteiger charge is -2.25. The first-order valence-electron chi connectivity index (χ1n) is 6.37. The van der Waals surface area contributed by atoms with Gasteiger partial charge in [-0.3, -0.25) is 4.79 Å². The van der Waals surface area contributed by atoms with Crippen LogP contribution in [0.15, 0.2) is 24.3 Å². The molecule has 0 aromatic heterocycles. The van der Waals surface area contributed by atoms with Crippen LogP contribution in [0, 0.1) is 0 Å². The summed E-state index contributed by atoms with van der Waals surface area (Å²) in [6.07, 6.45) is 0. The lowest BCUT2D eigenvalue weighted by Crippen LogP contribution is -2.49. The molecular weight excluding hydrogens is 260 g/mol. The standard InChI is InChI=1S/C14H20N2O4/c1-4-15-14(2,3)13(19)16-10-7-5-6-8-11(10)20-9-12(17)18/h5-8,15H,4,9H2,1-3H3,(H,16,19)(H,17,18). The molecule has 0 aliphatic rings. The van der Waals surface area contributed by atoms with Crippen molar-refractivity contribution in [2.45, 2.75) is 26.3 Å². The summed E-state index contributed by atoms with van der Waals surface area (Å²) in [4.78, 5) is 22.7. The molecule has 0 spiro atoms. The largest absolute Gasteiger partial charge is 0.480 e. The fourth-order valence-corrected chi connectivity index (χ4v) is 1.64. The third kappa shape index (κ3) is 4.55. The van der Waals surface area contributed by atoms with Crippen molar-refractivity contribution in [3.05, 3.63) is 24.3 Å². The SMILES string of the molecule is CCNC(C)(C)C(=O)Nc1ccccc1OCC(=O)O. The summed E-state index contributed by atoms with van der Waals surface area (Å²) >= 11 is 0. The van der Waals surface area contributed by atoms with Crippen molar-refractivity contribution in [1.29, 1.82) is 0 Å². The first-order valence-corrected chi connectivity index (χ1v) is 6.37. The molecule has 0 fully saturated rings. The molecule has 0 aliphatic carbocycles. The van der Waals surface area contributed by atoms with Gasteiger partial charge >= 0.3 is 5.97 Å². The normalized spacial score (nSPS) is 10.9. The average molecular weight is 280 g/mol. The van der Waals surface area contributed by atoms with Crippen LogP contribution in [-0.4, -0.2) is 35.7 Å². The fourth-order valence-electron chi connectivity index (χ4n) is 1.64. The molecule has 110 valence electrons. The van der Waals surface area contributed by atoms with Crippen molar-refractivity contribution >= 4 is 17.6 Å². The summed E-state index contributed by atoms with van der Waals surface area (Å²) in [5.74, 6) is -0.958. The number of likely N-dealkylation sites (N-methyl/N-ethyl adjacent to an activating group) is 1. The van der Waals surface area contributed by atoms with Crippen LogP contribution < -0.4 is 15.4 Å². The Morgan fingerprint density at radius 1 is 1.30 bits per heavy atom. The number of carbonyl (C=O) groups excluding carboxylic acids is 1. The van der Waals surface area contributed by atoms with Gasteiger partial charge in [-0.05, 0) is 32.5 Å². The predicted octanol–water partition coefficient (Wildman–Crippen LogP) is 1.48. The number of benzene rings is 1. The van der Waals surface area contributed by atoms with E-state index in [2.05, 4.69) is 10.6 Å². The number of carboxylic acid groups (broad SMARTS) is 1. The molecule has 0 heterocycles. The van der Waals surface area contributed by atoms with Crippen LogP contribution in [0.25, 0.3) is 0 Å². The van der Waals surface area contributed by atoms with E-state index < -0.39 is 18.1 Å². The number of carbonyl (C=O) groups is 2. The first kappa shape index (κ1) is 16.0. The second-order valence-electron chi connectivity index (χ2n) is 4.79. The molecule has 0 radical (unpaired) electrons. The van der Waals surface area contributed by atoms with Gasteiger partial charge < -0.3 is 20.5 Å². The molecule has 6 nitrogen and oxygen atoms in total. The van der Waals surface area contributed by atoms with E-state index in [0.717, 1.165) is 0 Å². The van der Waals surface area contributed by atoms with Gasteiger partial charge in [-0.1, -0.05) is 19.1 Å². The van der Waals surface area contributed by atoms with Crippen molar-refractivity contribution < 1.29 is 19.4 Å². The van der Waals surface area contributed by atoms with E-state index in [0.29, 0.717) is 18.0 Å². The molecule has 6 heteroatoms. The highest BCUT2D eigenvalue weighted by Crippen LogP contribution is 2.24. The van der Waals surface area contributed by atoms with Crippen molar-refractivity contribution in [2.75, 3.05) is 18.5 Å².